The van der Waals surface area contributed by atoms with Crippen molar-refractivity contribution in [1.82, 2.24) is 0 Å². The molecule has 0 bridgehead atoms. The van der Waals surface area contributed by atoms with Crippen LogP contribution in [0.15, 0.2) is 65.6 Å². The molecule has 0 radical (unpaired) electrons. The molecule has 0 aliphatic heterocycles. The number of aryl methyl sites for hydroxylation is 2. The Kier molecular flexibility index (Phi) is 5.91. The van der Waals surface area contributed by atoms with Gasteiger partial charge >= 0.3 is 0 Å². The molecule has 0 unspecified atom stereocenters. The molecule has 0 aromatic heterocycles. The minimum absolute atomic E-state index is 0.138. The lowest BCUT2D eigenvalue weighted by Crippen LogP contribution is -2.16. The van der Waals surface area contributed by atoms with Crippen LogP contribution in [0.1, 0.15) is 21.5 Å². The highest BCUT2D eigenvalue weighted by Gasteiger charge is 2.19. The average Bonchev–Trinajstić information content (AvgIpc) is 2.66. The Hall–Kier alpha value is -2.90. The Morgan fingerprint density at radius 2 is 1.62 bits per heavy atom. The lowest BCUT2D eigenvalue weighted by molar-refractivity contribution is 0.102. The molecular formula is C21H18ClFN2O3S. The molecule has 5 nitrogen and oxygen atoms in total. The van der Waals surface area contributed by atoms with Crippen LogP contribution in [0.5, 0.6) is 0 Å². The third-order valence-electron chi connectivity index (χ3n) is 4.30. The minimum Gasteiger partial charge on any atom is -0.319 e. The highest BCUT2D eigenvalue weighted by atomic mass is 35.5. The van der Waals surface area contributed by atoms with Crippen molar-refractivity contribution in [3.63, 3.8) is 0 Å². The van der Waals surface area contributed by atoms with Gasteiger partial charge in [-0.3, -0.25) is 9.52 Å². The number of nitrogens with one attached hydrogen (secondary N) is 2. The van der Waals surface area contributed by atoms with Crippen LogP contribution in [0.4, 0.5) is 15.8 Å². The van der Waals surface area contributed by atoms with E-state index in [4.69, 9.17) is 11.6 Å². The van der Waals surface area contributed by atoms with Gasteiger partial charge in [-0.05, 0) is 61.4 Å². The van der Waals surface area contributed by atoms with Crippen LogP contribution in [0.2, 0.25) is 5.02 Å². The molecular weight excluding hydrogens is 415 g/mol. The Labute approximate surface area is 173 Å². The zero-order chi connectivity index (χ0) is 21.2. The van der Waals surface area contributed by atoms with E-state index in [2.05, 4.69) is 10.0 Å². The quantitative estimate of drug-likeness (QED) is 0.585. The maximum Gasteiger partial charge on any atom is 0.262 e. The molecule has 0 saturated heterocycles. The van der Waals surface area contributed by atoms with Crippen molar-refractivity contribution in [2.75, 3.05) is 10.0 Å². The summed E-state index contributed by atoms with van der Waals surface area (Å²) >= 11 is 5.86. The second-order valence-corrected chi connectivity index (χ2v) is 8.60. The van der Waals surface area contributed by atoms with Gasteiger partial charge in [0.2, 0.25) is 0 Å². The fraction of sp³-hybridized carbons (Fsp3) is 0.0952. The Morgan fingerprint density at radius 1 is 0.966 bits per heavy atom. The van der Waals surface area contributed by atoms with Gasteiger partial charge in [0.1, 0.15) is 5.82 Å². The summed E-state index contributed by atoms with van der Waals surface area (Å²) in [6.07, 6.45) is 0. The summed E-state index contributed by atoms with van der Waals surface area (Å²) in [6.45, 7) is 3.56. The van der Waals surface area contributed by atoms with E-state index >= 15 is 0 Å². The van der Waals surface area contributed by atoms with Gasteiger partial charge in [0, 0.05) is 10.6 Å². The van der Waals surface area contributed by atoms with Crippen molar-refractivity contribution in [3.05, 3.63) is 88.2 Å². The number of hydrogen-bond donors (Lipinski definition) is 2. The van der Waals surface area contributed by atoms with Crippen molar-refractivity contribution in [3.8, 4) is 0 Å². The maximum absolute atomic E-state index is 14.5. The molecule has 0 saturated carbocycles. The van der Waals surface area contributed by atoms with Crippen LogP contribution < -0.4 is 10.0 Å². The highest BCUT2D eigenvalue weighted by Crippen LogP contribution is 2.25. The van der Waals surface area contributed by atoms with Gasteiger partial charge < -0.3 is 5.32 Å². The number of sulfonamides is 1. The van der Waals surface area contributed by atoms with E-state index in [9.17, 15) is 17.6 Å². The summed E-state index contributed by atoms with van der Waals surface area (Å²) in [7, 11) is -4.00. The van der Waals surface area contributed by atoms with Gasteiger partial charge in [-0.25, -0.2) is 12.8 Å². The minimum atomic E-state index is -4.00. The summed E-state index contributed by atoms with van der Waals surface area (Å²) in [6, 6.07) is 14.9. The molecule has 150 valence electrons. The van der Waals surface area contributed by atoms with E-state index in [0.29, 0.717) is 10.7 Å². The average molecular weight is 433 g/mol. The molecule has 3 aromatic rings. The Balaban J connectivity index is 1.84. The van der Waals surface area contributed by atoms with E-state index < -0.39 is 21.7 Å². The molecule has 0 spiro atoms. The Morgan fingerprint density at radius 3 is 2.24 bits per heavy atom. The van der Waals surface area contributed by atoms with Crippen LogP contribution in [0.3, 0.4) is 0 Å². The third-order valence-corrected chi connectivity index (χ3v) is 5.89. The number of para-hydroxylation sites is 1. The van der Waals surface area contributed by atoms with Crippen LogP contribution in [0.25, 0.3) is 0 Å². The van der Waals surface area contributed by atoms with Crippen molar-refractivity contribution < 1.29 is 17.6 Å². The Bertz CT molecular complexity index is 1180. The summed E-state index contributed by atoms with van der Waals surface area (Å²) in [4.78, 5) is 12.0. The fourth-order valence-electron chi connectivity index (χ4n) is 2.76. The van der Waals surface area contributed by atoms with Crippen molar-refractivity contribution in [2.45, 2.75) is 18.7 Å². The van der Waals surface area contributed by atoms with Gasteiger partial charge in [-0.15, -0.1) is 0 Å². The number of rotatable bonds is 5. The summed E-state index contributed by atoms with van der Waals surface area (Å²) in [5.74, 6) is -1.43. The highest BCUT2D eigenvalue weighted by molar-refractivity contribution is 7.92. The van der Waals surface area contributed by atoms with E-state index in [1.807, 2.05) is 6.07 Å². The zero-order valence-electron chi connectivity index (χ0n) is 15.7. The summed E-state index contributed by atoms with van der Waals surface area (Å²) < 4.78 is 42.3. The van der Waals surface area contributed by atoms with Crippen molar-refractivity contribution in [1.29, 1.82) is 0 Å². The topological polar surface area (TPSA) is 75.3 Å². The number of amides is 1. The third kappa shape index (κ3) is 4.75. The molecule has 29 heavy (non-hydrogen) atoms. The van der Waals surface area contributed by atoms with Gasteiger partial charge in [0.25, 0.3) is 15.9 Å². The monoisotopic (exact) mass is 432 g/mol. The first kappa shape index (κ1) is 20.8. The van der Waals surface area contributed by atoms with Gasteiger partial charge in [-0.1, -0.05) is 35.9 Å². The van der Waals surface area contributed by atoms with Gasteiger partial charge in [0.05, 0.1) is 16.3 Å². The first-order valence-electron chi connectivity index (χ1n) is 8.63. The first-order valence-corrected chi connectivity index (χ1v) is 10.5. The predicted octanol–water partition coefficient (Wildman–Crippen LogP) is 5.15. The molecule has 8 heteroatoms. The summed E-state index contributed by atoms with van der Waals surface area (Å²) in [5.41, 5.74) is 2.07. The molecule has 2 N–H and O–H groups in total. The lowest BCUT2D eigenvalue weighted by atomic mass is 10.1. The van der Waals surface area contributed by atoms with E-state index in [1.165, 1.54) is 24.3 Å². The van der Waals surface area contributed by atoms with Gasteiger partial charge in [-0.2, -0.15) is 0 Å². The van der Waals surface area contributed by atoms with Crippen LogP contribution >= 0.6 is 11.6 Å². The molecule has 0 aliphatic carbocycles. The molecule has 1 amide bonds. The maximum atomic E-state index is 14.5. The lowest BCUT2D eigenvalue weighted by Gasteiger charge is -2.14. The number of benzene rings is 3. The number of carbonyl (C=O) groups is 1. The van der Waals surface area contributed by atoms with Crippen LogP contribution in [-0.2, 0) is 10.0 Å². The molecule has 3 rings (SSSR count). The SMILES string of the molecule is Cc1cccc(C)c1NS(=O)(=O)c1ccc(NC(=O)c2cccc(Cl)c2)c(F)c1. The number of halogens is 2. The molecule has 0 atom stereocenters. The standard InChI is InChI=1S/C21H18ClFN2O3S/c1-13-5-3-6-14(2)20(13)25-29(27,28)17-9-10-19(18(23)12-17)24-21(26)15-7-4-8-16(22)11-15/h3-12,25H,1-2H3,(H,24,26). The van der Waals surface area contributed by atoms with E-state index in [1.54, 1.807) is 38.1 Å². The van der Waals surface area contributed by atoms with Crippen molar-refractivity contribution >= 4 is 38.9 Å². The normalized spacial score (nSPS) is 11.2. The first-order chi connectivity index (χ1) is 13.7. The number of hydrogen-bond acceptors (Lipinski definition) is 3. The second-order valence-electron chi connectivity index (χ2n) is 6.48. The van der Waals surface area contributed by atoms with Crippen molar-refractivity contribution in [2.24, 2.45) is 0 Å². The van der Waals surface area contributed by atoms with Crippen LogP contribution in [0, 0.1) is 19.7 Å². The summed E-state index contributed by atoms with van der Waals surface area (Å²) in [5, 5.41) is 2.78. The smallest absolute Gasteiger partial charge is 0.262 e. The molecule has 3 aromatic carbocycles. The molecule has 0 heterocycles. The number of carbonyl (C=O) groups excluding carboxylic acids is 1. The number of anilines is 2. The molecule has 0 aliphatic rings. The van der Waals surface area contributed by atoms with Gasteiger partial charge in [0.15, 0.2) is 0 Å². The van der Waals surface area contributed by atoms with E-state index in [-0.39, 0.29) is 16.1 Å². The van der Waals surface area contributed by atoms with Crippen LogP contribution in [-0.4, -0.2) is 14.3 Å². The second kappa shape index (κ2) is 8.23. The zero-order valence-corrected chi connectivity index (χ0v) is 17.2. The fourth-order valence-corrected chi connectivity index (χ4v) is 4.16. The van der Waals surface area contributed by atoms with E-state index in [0.717, 1.165) is 17.2 Å². The predicted molar refractivity (Wildman–Crippen MR) is 113 cm³/mol. The molecule has 0 fully saturated rings. The largest absolute Gasteiger partial charge is 0.319 e.